The van der Waals surface area contributed by atoms with Gasteiger partial charge < -0.3 is 10.4 Å². The lowest BCUT2D eigenvalue weighted by molar-refractivity contribution is -0.118. The van der Waals surface area contributed by atoms with E-state index < -0.39 is 0 Å². The number of rotatable bonds is 7. The van der Waals surface area contributed by atoms with Crippen molar-refractivity contribution in [2.24, 2.45) is 11.8 Å². The van der Waals surface area contributed by atoms with E-state index in [-0.39, 0.29) is 12.5 Å². The number of amides is 1. The first-order chi connectivity index (χ1) is 9.69. The number of hydrogen-bond donors (Lipinski definition) is 2. The number of thiazole rings is 1. The van der Waals surface area contributed by atoms with Crippen LogP contribution in [0.3, 0.4) is 0 Å². The van der Waals surface area contributed by atoms with E-state index >= 15 is 0 Å². The minimum atomic E-state index is 0.0885. The minimum Gasteiger partial charge on any atom is -0.396 e. The number of aryl methyl sites for hydroxylation is 1. The van der Waals surface area contributed by atoms with E-state index in [2.05, 4.69) is 10.3 Å². The van der Waals surface area contributed by atoms with E-state index in [1.807, 2.05) is 12.3 Å². The average Bonchev–Trinajstić information content (AvgIpc) is 3.05. The standard InChI is InChI=1S/C14H22N2O2S2/c1-10-16-13(8-20-10)7-19-9-14(18)15-5-11-3-2-4-12(11)6-17/h8,11-12,17H,2-7,9H2,1H3,(H,15,18). The van der Waals surface area contributed by atoms with Crippen LogP contribution in [0.25, 0.3) is 0 Å². The number of aliphatic hydroxyl groups is 1. The predicted molar refractivity (Wildman–Crippen MR) is 83.9 cm³/mol. The number of aromatic nitrogens is 1. The lowest BCUT2D eigenvalue weighted by Crippen LogP contribution is -2.32. The summed E-state index contributed by atoms with van der Waals surface area (Å²) >= 11 is 3.24. The van der Waals surface area contributed by atoms with Crippen LogP contribution in [-0.2, 0) is 10.5 Å². The molecule has 20 heavy (non-hydrogen) atoms. The Morgan fingerprint density at radius 1 is 1.55 bits per heavy atom. The Kier molecular flexibility index (Phi) is 6.32. The van der Waals surface area contributed by atoms with Crippen LogP contribution < -0.4 is 5.32 Å². The SMILES string of the molecule is Cc1nc(CSCC(=O)NCC2CCCC2CO)cs1. The first-order valence-corrected chi connectivity index (χ1v) is 9.08. The van der Waals surface area contributed by atoms with Gasteiger partial charge >= 0.3 is 0 Å². The Morgan fingerprint density at radius 2 is 2.35 bits per heavy atom. The van der Waals surface area contributed by atoms with Crippen molar-refractivity contribution >= 4 is 29.0 Å². The lowest BCUT2D eigenvalue weighted by atomic mass is 9.97. The number of nitrogens with zero attached hydrogens (tertiary/aromatic N) is 1. The Morgan fingerprint density at radius 3 is 3.05 bits per heavy atom. The maximum absolute atomic E-state index is 11.8. The van der Waals surface area contributed by atoms with Gasteiger partial charge in [0.2, 0.25) is 5.91 Å². The zero-order valence-corrected chi connectivity index (χ0v) is 13.4. The topological polar surface area (TPSA) is 62.2 Å². The van der Waals surface area contributed by atoms with Crippen LogP contribution in [0.15, 0.2) is 5.38 Å². The molecule has 0 aromatic carbocycles. The van der Waals surface area contributed by atoms with Crippen LogP contribution in [-0.4, -0.2) is 34.9 Å². The van der Waals surface area contributed by atoms with E-state index in [1.54, 1.807) is 23.1 Å². The molecule has 2 atom stereocenters. The average molecular weight is 314 g/mol. The van der Waals surface area contributed by atoms with E-state index in [4.69, 9.17) is 0 Å². The second-order valence-corrected chi connectivity index (χ2v) is 7.34. The van der Waals surface area contributed by atoms with Gasteiger partial charge in [-0.3, -0.25) is 4.79 Å². The molecule has 1 heterocycles. The van der Waals surface area contributed by atoms with Crippen molar-refractivity contribution in [3.05, 3.63) is 16.1 Å². The van der Waals surface area contributed by atoms with Gasteiger partial charge in [0.25, 0.3) is 0 Å². The van der Waals surface area contributed by atoms with Gasteiger partial charge in [-0.2, -0.15) is 0 Å². The summed E-state index contributed by atoms with van der Waals surface area (Å²) < 4.78 is 0. The second kappa shape index (κ2) is 8.00. The molecule has 2 N–H and O–H groups in total. The summed E-state index contributed by atoms with van der Waals surface area (Å²) in [4.78, 5) is 16.2. The molecule has 0 saturated heterocycles. The summed E-state index contributed by atoms with van der Waals surface area (Å²) in [5.74, 6) is 2.19. The van der Waals surface area contributed by atoms with Gasteiger partial charge in [-0.05, 0) is 31.6 Å². The summed E-state index contributed by atoms with van der Waals surface area (Å²) in [5, 5.41) is 15.4. The van der Waals surface area contributed by atoms with Crippen LogP contribution in [0.5, 0.6) is 0 Å². The van der Waals surface area contributed by atoms with Crippen molar-refractivity contribution in [1.82, 2.24) is 10.3 Å². The fraction of sp³-hybridized carbons (Fsp3) is 0.714. The van der Waals surface area contributed by atoms with E-state index in [0.29, 0.717) is 24.1 Å². The van der Waals surface area contributed by atoms with E-state index in [0.717, 1.165) is 29.3 Å². The van der Waals surface area contributed by atoms with Gasteiger partial charge in [0, 0.05) is 24.3 Å². The highest BCUT2D eigenvalue weighted by atomic mass is 32.2. The largest absolute Gasteiger partial charge is 0.396 e. The summed E-state index contributed by atoms with van der Waals surface area (Å²) in [6, 6.07) is 0. The lowest BCUT2D eigenvalue weighted by Gasteiger charge is -2.17. The third kappa shape index (κ3) is 4.75. The minimum absolute atomic E-state index is 0.0885. The molecule has 1 aromatic rings. The van der Waals surface area contributed by atoms with Crippen molar-refractivity contribution in [1.29, 1.82) is 0 Å². The van der Waals surface area contributed by atoms with E-state index in [1.165, 1.54) is 6.42 Å². The van der Waals surface area contributed by atoms with Gasteiger partial charge in [-0.1, -0.05) is 6.42 Å². The van der Waals surface area contributed by atoms with Crippen molar-refractivity contribution in [3.8, 4) is 0 Å². The number of nitrogens with one attached hydrogen (secondary N) is 1. The van der Waals surface area contributed by atoms with Crippen molar-refractivity contribution < 1.29 is 9.90 Å². The Labute approximate surface area is 128 Å². The molecule has 112 valence electrons. The first kappa shape index (κ1) is 15.8. The van der Waals surface area contributed by atoms with Gasteiger partial charge in [0.1, 0.15) is 0 Å². The molecule has 1 amide bonds. The molecule has 0 spiro atoms. The monoisotopic (exact) mass is 314 g/mol. The van der Waals surface area contributed by atoms with Crippen LogP contribution in [0.4, 0.5) is 0 Å². The molecule has 2 rings (SSSR count). The zero-order valence-electron chi connectivity index (χ0n) is 11.8. The van der Waals surface area contributed by atoms with Crippen molar-refractivity contribution in [3.63, 3.8) is 0 Å². The normalized spacial score (nSPS) is 22.1. The molecule has 6 heteroatoms. The molecule has 0 aliphatic heterocycles. The highest BCUT2D eigenvalue weighted by Crippen LogP contribution is 2.30. The molecule has 1 fully saturated rings. The molecule has 1 aromatic heterocycles. The Bertz CT molecular complexity index is 437. The van der Waals surface area contributed by atoms with E-state index in [9.17, 15) is 9.90 Å². The molecule has 1 aliphatic carbocycles. The predicted octanol–water partition coefficient (Wildman–Crippen LogP) is 2.21. The molecule has 0 bridgehead atoms. The van der Waals surface area contributed by atoms with Gasteiger partial charge in [0.05, 0.1) is 16.5 Å². The molecular formula is C14H22N2O2S2. The quantitative estimate of drug-likeness (QED) is 0.810. The van der Waals surface area contributed by atoms with Gasteiger partial charge in [-0.15, -0.1) is 23.1 Å². The molecule has 1 aliphatic rings. The second-order valence-electron chi connectivity index (χ2n) is 5.29. The molecule has 1 saturated carbocycles. The zero-order chi connectivity index (χ0) is 14.4. The first-order valence-electron chi connectivity index (χ1n) is 7.05. The Balaban J connectivity index is 1.60. The smallest absolute Gasteiger partial charge is 0.230 e. The maximum Gasteiger partial charge on any atom is 0.230 e. The fourth-order valence-electron chi connectivity index (χ4n) is 2.64. The third-order valence-corrected chi connectivity index (χ3v) is 5.55. The number of carbonyl (C=O) groups is 1. The number of aliphatic hydroxyl groups excluding tert-OH is 1. The summed E-state index contributed by atoms with van der Waals surface area (Å²) in [5.41, 5.74) is 1.06. The highest BCUT2D eigenvalue weighted by molar-refractivity contribution is 7.99. The molecule has 4 nitrogen and oxygen atoms in total. The van der Waals surface area contributed by atoms with Crippen molar-refractivity contribution in [2.45, 2.75) is 31.9 Å². The third-order valence-electron chi connectivity index (χ3n) is 3.76. The Hall–Kier alpha value is -0.590. The molecular weight excluding hydrogens is 292 g/mol. The van der Waals surface area contributed by atoms with Crippen LogP contribution in [0.1, 0.15) is 30.0 Å². The van der Waals surface area contributed by atoms with Gasteiger partial charge in [0.15, 0.2) is 0 Å². The van der Waals surface area contributed by atoms with Crippen LogP contribution in [0.2, 0.25) is 0 Å². The molecule has 0 radical (unpaired) electrons. The highest BCUT2D eigenvalue weighted by Gasteiger charge is 2.26. The van der Waals surface area contributed by atoms with Crippen LogP contribution >= 0.6 is 23.1 Å². The summed E-state index contributed by atoms with van der Waals surface area (Å²) in [7, 11) is 0. The van der Waals surface area contributed by atoms with Gasteiger partial charge in [-0.25, -0.2) is 4.98 Å². The number of carbonyl (C=O) groups excluding carboxylic acids is 1. The fourth-order valence-corrected chi connectivity index (χ4v) is 4.11. The maximum atomic E-state index is 11.8. The summed E-state index contributed by atoms with van der Waals surface area (Å²) in [6.07, 6.45) is 3.38. The number of hydrogen-bond acceptors (Lipinski definition) is 5. The number of thioether (sulfide) groups is 1. The summed E-state index contributed by atoms with van der Waals surface area (Å²) in [6.45, 7) is 2.95. The van der Waals surface area contributed by atoms with Crippen molar-refractivity contribution in [2.75, 3.05) is 18.9 Å². The molecule has 2 unspecified atom stereocenters. The van der Waals surface area contributed by atoms with Crippen LogP contribution in [0, 0.1) is 18.8 Å².